The number of carbonyl (C=O) groups is 1. The lowest BCUT2D eigenvalue weighted by atomic mass is 9.81. The quantitative estimate of drug-likeness (QED) is 0.521. The largest absolute Gasteiger partial charge is 0.385 e. The SMILES string of the molecule is O=C1c2c(-c3ccccc3)noc2CCC1CCCN1CCC(O)(c2ccc(Cl)cc2)CC1. The van der Waals surface area contributed by atoms with E-state index in [9.17, 15) is 9.90 Å². The highest BCUT2D eigenvalue weighted by molar-refractivity contribution is 6.30. The molecule has 0 bridgehead atoms. The van der Waals surface area contributed by atoms with E-state index < -0.39 is 5.60 Å². The van der Waals surface area contributed by atoms with Crippen molar-refractivity contribution in [2.75, 3.05) is 19.6 Å². The van der Waals surface area contributed by atoms with E-state index in [1.165, 1.54) is 0 Å². The molecule has 172 valence electrons. The van der Waals surface area contributed by atoms with Crippen LogP contribution in [-0.4, -0.2) is 40.6 Å². The van der Waals surface area contributed by atoms with Gasteiger partial charge in [-0.05, 0) is 56.3 Å². The van der Waals surface area contributed by atoms with E-state index in [4.69, 9.17) is 16.1 Å². The van der Waals surface area contributed by atoms with Crippen molar-refractivity contribution in [3.63, 3.8) is 0 Å². The number of aromatic nitrogens is 1. The minimum atomic E-state index is -0.779. The Labute approximate surface area is 199 Å². The van der Waals surface area contributed by atoms with Gasteiger partial charge >= 0.3 is 0 Å². The van der Waals surface area contributed by atoms with E-state index in [-0.39, 0.29) is 11.7 Å². The van der Waals surface area contributed by atoms with Crippen LogP contribution in [0.4, 0.5) is 0 Å². The summed E-state index contributed by atoms with van der Waals surface area (Å²) in [5.41, 5.74) is 2.45. The number of aryl methyl sites for hydroxylation is 1. The summed E-state index contributed by atoms with van der Waals surface area (Å²) in [5, 5.41) is 16.0. The van der Waals surface area contributed by atoms with Gasteiger partial charge in [-0.25, -0.2) is 0 Å². The molecular weight excluding hydrogens is 436 g/mol. The molecule has 0 saturated carbocycles. The van der Waals surface area contributed by atoms with Crippen molar-refractivity contribution < 1.29 is 14.4 Å². The van der Waals surface area contributed by atoms with Crippen LogP contribution in [0, 0.1) is 5.92 Å². The molecule has 0 amide bonds. The summed E-state index contributed by atoms with van der Waals surface area (Å²) in [6, 6.07) is 17.3. The van der Waals surface area contributed by atoms with Crippen LogP contribution in [0.2, 0.25) is 5.02 Å². The first-order chi connectivity index (χ1) is 16.0. The molecule has 5 rings (SSSR count). The van der Waals surface area contributed by atoms with Gasteiger partial charge in [0.15, 0.2) is 5.78 Å². The number of ketones is 1. The van der Waals surface area contributed by atoms with Crippen molar-refractivity contribution in [1.82, 2.24) is 10.1 Å². The van der Waals surface area contributed by atoms with Gasteiger partial charge in [-0.3, -0.25) is 4.79 Å². The number of rotatable bonds is 6. The number of nitrogens with zero attached hydrogens (tertiary/aromatic N) is 2. The molecule has 1 unspecified atom stereocenters. The van der Waals surface area contributed by atoms with Gasteiger partial charge in [-0.2, -0.15) is 0 Å². The molecule has 0 spiro atoms. The second kappa shape index (κ2) is 9.41. The molecule has 1 fully saturated rings. The first-order valence-electron chi connectivity index (χ1n) is 11.8. The van der Waals surface area contributed by atoms with Crippen molar-refractivity contribution in [1.29, 1.82) is 0 Å². The summed E-state index contributed by atoms with van der Waals surface area (Å²) in [4.78, 5) is 15.7. The third-order valence-corrected chi connectivity index (χ3v) is 7.49. The zero-order valence-corrected chi connectivity index (χ0v) is 19.4. The molecule has 3 aromatic rings. The van der Waals surface area contributed by atoms with E-state index in [2.05, 4.69) is 10.1 Å². The number of likely N-dealkylation sites (tertiary alicyclic amines) is 1. The van der Waals surface area contributed by atoms with Crippen LogP contribution < -0.4 is 0 Å². The van der Waals surface area contributed by atoms with Gasteiger partial charge in [0.05, 0.1) is 11.2 Å². The van der Waals surface area contributed by atoms with Crippen molar-refractivity contribution in [2.24, 2.45) is 5.92 Å². The molecule has 1 aliphatic heterocycles. The Bertz CT molecular complexity index is 1100. The highest BCUT2D eigenvalue weighted by Gasteiger charge is 2.35. The first kappa shape index (κ1) is 22.3. The summed E-state index contributed by atoms with van der Waals surface area (Å²) in [7, 11) is 0. The number of hydrogen-bond acceptors (Lipinski definition) is 5. The van der Waals surface area contributed by atoms with Gasteiger partial charge in [0.2, 0.25) is 0 Å². The molecule has 1 aromatic heterocycles. The van der Waals surface area contributed by atoms with Crippen LogP contribution in [-0.2, 0) is 12.0 Å². The second-order valence-electron chi connectivity index (χ2n) is 9.32. The lowest BCUT2D eigenvalue weighted by molar-refractivity contribution is -0.0262. The Kier molecular flexibility index (Phi) is 6.37. The highest BCUT2D eigenvalue weighted by Crippen LogP contribution is 2.36. The summed E-state index contributed by atoms with van der Waals surface area (Å²) >= 11 is 5.99. The summed E-state index contributed by atoms with van der Waals surface area (Å²) in [6.07, 6.45) is 4.85. The molecule has 2 heterocycles. The van der Waals surface area contributed by atoms with Crippen LogP contribution in [0.1, 0.15) is 53.8 Å². The topological polar surface area (TPSA) is 66.6 Å². The smallest absolute Gasteiger partial charge is 0.171 e. The standard InChI is InChI=1S/C27H29ClN2O3/c28-22-11-9-21(10-12-22)27(32)14-17-30(18-15-27)16-4-7-20-8-13-23-24(26(20)31)25(29-33-23)19-5-2-1-3-6-19/h1-3,5-6,9-12,20,32H,4,7-8,13-18H2. The monoisotopic (exact) mass is 464 g/mol. The van der Waals surface area contributed by atoms with Gasteiger partial charge in [-0.1, -0.05) is 59.2 Å². The van der Waals surface area contributed by atoms with Gasteiger partial charge in [0, 0.05) is 36.0 Å². The Morgan fingerprint density at radius 3 is 2.55 bits per heavy atom. The van der Waals surface area contributed by atoms with Crippen LogP contribution >= 0.6 is 11.6 Å². The minimum absolute atomic E-state index is 0.0233. The Hall–Kier alpha value is -2.47. The Morgan fingerprint density at radius 1 is 1.09 bits per heavy atom. The second-order valence-corrected chi connectivity index (χ2v) is 9.75. The van der Waals surface area contributed by atoms with Crippen LogP contribution in [0.25, 0.3) is 11.3 Å². The lowest BCUT2D eigenvalue weighted by Crippen LogP contribution is -2.43. The molecule has 1 saturated heterocycles. The normalized spacial score (nSPS) is 20.5. The lowest BCUT2D eigenvalue weighted by Gasteiger charge is -2.38. The molecule has 33 heavy (non-hydrogen) atoms. The molecule has 5 nitrogen and oxygen atoms in total. The van der Waals surface area contributed by atoms with Crippen molar-refractivity contribution in [3.8, 4) is 11.3 Å². The van der Waals surface area contributed by atoms with E-state index in [1.54, 1.807) is 0 Å². The van der Waals surface area contributed by atoms with Crippen molar-refractivity contribution in [2.45, 2.75) is 44.1 Å². The fourth-order valence-electron chi connectivity index (χ4n) is 5.21. The van der Waals surface area contributed by atoms with E-state index in [1.807, 2.05) is 54.6 Å². The maximum Gasteiger partial charge on any atom is 0.171 e. The molecule has 1 atom stereocenters. The van der Waals surface area contributed by atoms with Gasteiger partial charge in [-0.15, -0.1) is 0 Å². The number of hydrogen-bond donors (Lipinski definition) is 1. The maximum absolute atomic E-state index is 13.3. The zero-order valence-electron chi connectivity index (χ0n) is 18.7. The van der Waals surface area contributed by atoms with Gasteiger partial charge < -0.3 is 14.5 Å². The third kappa shape index (κ3) is 4.63. The summed E-state index contributed by atoms with van der Waals surface area (Å²) < 4.78 is 5.51. The fraction of sp³-hybridized carbons (Fsp3) is 0.407. The Balaban J connectivity index is 1.15. The fourth-order valence-corrected chi connectivity index (χ4v) is 5.34. The van der Waals surface area contributed by atoms with Gasteiger partial charge in [0.1, 0.15) is 11.5 Å². The van der Waals surface area contributed by atoms with Crippen molar-refractivity contribution >= 4 is 17.4 Å². The highest BCUT2D eigenvalue weighted by atomic mass is 35.5. The number of aliphatic hydroxyl groups is 1. The number of piperidine rings is 1. The number of benzene rings is 2. The number of halogens is 1. The van der Waals surface area contributed by atoms with Crippen molar-refractivity contribution in [3.05, 3.63) is 76.5 Å². The van der Waals surface area contributed by atoms with E-state index in [0.29, 0.717) is 29.1 Å². The van der Waals surface area contributed by atoms with Gasteiger partial charge in [0.25, 0.3) is 0 Å². The average molecular weight is 465 g/mol. The molecule has 0 radical (unpaired) electrons. The van der Waals surface area contributed by atoms with E-state index in [0.717, 1.165) is 62.2 Å². The average Bonchev–Trinajstić information content (AvgIpc) is 3.28. The summed E-state index contributed by atoms with van der Waals surface area (Å²) in [6.45, 7) is 2.65. The predicted octanol–water partition coefficient (Wildman–Crippen LogP) is 5.50. The molecule has 1 aliphatic carbocycles. The number of fused-ring (bicyclic) bond motifs is 1. The van der Waals surface area contributed by atoms with Crippen LogP contribution in [0.3, 0.4) is 0 Å². The first-order valence-corrected chi connectivity index (χ1v) is 12.2. The predicted molar refractivity (Wildman–Crippen MR) is 128 cm³/mol. The van der Waals surface area contributed by atoms with E-state index >= 15 is 0 Å². The van der Waals surface area contributed by atoms with Crippen LogP contribution in [0.5, 0.6) is 0 Å². The molecular formula is C27H29ClN2O3. The maximum atomic E-state index is 13.3. The number of Topliss-reactive ketones (excluding diaryl/α,β-unsaturated/α-hetero) is 1. The molecule has 2 aromatic carbocycles. The minimum Gasteiger partial charge on any atom is -0.385 e. The Morgan fingerprint density at radius 2 is 1.82 bits per heavy atom. The molecule has 2 aliphatic rings. The van der Waals surface area contributed by atoms with Crippen LogP contribution in [0.15, 0.2) is 59.1 Å². The third-order valence-electron chi connectivity index (χ3n) is 7.24. The molecule has 1 N–H and O–H groups in total. The summed E-state index contributed by atoms with van der Waals surface area (Å²) in [5.74, 6) is 0.926. The zero-order chi connectivity index (χ0) is 22.8. The number of carbonyl (C=O) groups excluding carboxylic acids is 1. The molecule has 6 heteroatoms.